The van der Waals surface area contributed by atoms with Gasteiger partial charge in [-0.1, -0.05) is 40.0 Å². The van der Waals surface area contributed by atoms with Crippen LogP contribution in [0.3, 0.4) is 0 Å². The van der Waals surface area contributed by atoms with Crippen molar-refractivity contribution in [3.8, 4) is 0 Å². The molecule has 0 heterocycles. The summed E-state index contributed by atoms with van der Waals surface area (Å²) in [6.45, 7) is 8.11. The maximum absolute atomic E-state index is 10.1. The molecule has 0 fully saturated rings. The van der Waals surface area contributed by atoms with E-state index in [0.29, 0.717) is 12.3 Å². The molecule has 3 atom stereocenters. The topological polar surface area (TPSA) is 40.5 Å². The number of rotatable bonds is 7. The van der Waals surface area contributed by atoms with Crippen molar-refractivity contribution in [2.24, 2.45) is 11.8 Å². The van der Waals surface area contributed by atoms with E-state index in [2.05, 4.69) is 20.8 Å². The van der Waals surface area contributed by atoms with Crippen molar-refractivity contribution in [1.29, 1.82) is 0 Å². The van der Waals surface area contributed by atoms with Gasteiger partial charge in [-0.2, -0.15) is 0 Å². The van der Waals surface area contributed by atoms with Gasteiger partial charge in [0.2, 0.25) is 0 Å². The third-order valence-electron chi connectivity index (χ3n) is 3.18. The maximum atomic E-state index is 10.1. The lowest BCUT2D eigenvalue weighted by molar-refractivity contribution is 0.0208. The molecular formula is C12H26O2. The van der Waals surface area contributed by atoms with Gasteiger partial charge in [0.05, 0.1) is 12.2 Å². The molecule has 0 rings (SSSR count). The summed E-state index contributed by atoms with van der Waals surface area (Å²) in [5.74, 6) is 0.638. The van der Waals surface area contributed by atoms with Gasteiger partial charge in [0.25, 0.3) is 0 Å². The SMILES string of the molecule is CCC(CC)C(O)C(CC)CC(C)O. The number of hydrogen-bond donors (Lipinski definition) is 2. The molecule has 2 N–H and O–H groups in total. The molecule has 0 bridgehead atoms. The Bertz CT molecular complexity index is 130. The lowest BCUT2D eigenvalue weighted by atomic mass is 9.83. The summed E-state index contributed by atoms with van der Waals surface area (Å²) in [6.07, 6.45) is 3.16. The van der Waals surface area contributed by atoms with Gasteiger partial charge >= 0.3 is 0 Å². The van der Waals surface area contributed by atoms with Crippen LogP contribution in [0.4, 0.5) is 0 Å². The smallest absolute Gasteiger partial charge is 0.0597 e. The molecule has 0 aromatic rings. The fraction of sp³-hybridized carbons (Fsp3) is 1.00. The third-order valence-corrected chi connectivity index (χ3v) is 3.18. The van der Waals surface area contributed by atoms with Gasteiger partial charge in [-0.15, -0.1) is 0 Å². The lowest BCUT2D eigenvalue weighted by Crippen LogP contribution is -2.30. The molecule has 0 aliphatic heterocycles. The molecule has 14 heavy (non-hydrogen) atoms. The summed E-state index contributed by atoms with van der Waals surface area (Å²) in [5, 5.41) is 19.4. The molecule has 0 radical (unpaired) electrons. The predicted octanol–water partition coefficient (Wildman–Crippen LogP) is 2.58. The van der Waals surface area contributed by atoms with Crippen LogP contribution >= 0.6 is 0 Å². The standard InChI is InChI=1S/C12H26O2/c1-5-10(6-2)12(14)11(7-3)8-9(4)13/h9-14H,5-8H2,1-4H3. The van der Waals surface area contributed by atoms with E-state index in [9.17, 15) is 10.2 Å². The van der Waals surface area contributed by atoms with Gasteiger partial charge in [0, 0.05) is 0 Å². The first-order chi connectivity index (χ1) is 6.56. The second kappa shape index (κ2) is 7.24. The minimum absolute atomic E-state index is 0.246. The van der Waals surface area contributed by atoms with Gasteiger partial charge in [0.15, 0.2) is 0 Å². The average molecular weight is 202 g/mol. The molecule has 86 valence electrons. The van der Waals surface area contributed by atoms with E-state index in [1.807, 2.05) is 0 Å². The molecule has 0 saturated carbocycles. The molecule has 0 saturated heterocycles. The Morgan fingerprint density at radius 3 is 1.57 bits per heavy atom. The summed E-state index contributed by atoms with van der Waals surface area (Å²) in [4.78, 5) is 0. The summed E-state index contributed by atoms with van der Waals surface area (Å²) in [6, 6.07) is 0. The molecule has 0 amide bonds. The maximum Gasteiger partial charge on any atom is 0.0597 e. The van der Waals surface area contributed by atoms with Crippen LogP contribution in [0.2, 0.25) is 0 Å². The van der Waals surface area contributed by atoms with E-state index in [1.165, 1.54) is 0 Å². The van der Waals surface area contributed by atoms with Crippen molar-refractivity contribution < 1.29 is 10.2 Å². The van der Waals surface area contributed by atoms with E-state index in [0.717, 1.165) is 19.3 Å². The number of hydrogen-bond acceptors (Lipinski definition) is 2. The van der Waals surface area contributed by atoms with Gasteiger partial charge in [-0.25, -0.2) is 0 Å². The van der Waals surface area contributed by atoms with Crippen molar-refractivity contribution in [2.75, 3.05) is 0 Å². The van der Waals surface area contributed by atoms with Crippen molar-refractivity contribution >= 4 is 0 Å². The summed E-state index contributed by atoms with van der Waals surface area (Å²) < 4.78 is 0. The Morgan fingerprint density at radius 2 is 1.29 bits per heavy atom. The minimum atomic E-state index is -0.302. The van der Waals surface area contributed by atoms with Gasteiger partial charge in [-0.3, -0.25) is 0 Å². The van der Waals surface area contributed by atoms with Crippen molar-refractivity contribution in [3.63, 3.8) is 0 Å². The van der Waals surface area contributed by atoms with Crippen LogP contribution in [0.5, 0.6) is 0 Å². The first kappa shape index (κ1) is 13.9. The summed E-state index contributed by atoms with van der Waals surface area (Å²) >= 11 is 0. The summed E-state index contributed by atoms with van der Waals surface area (Å²) in [7, 11) is 0. The fourth-order valence-electron chi connectivity index (χ4n) is 2.14. The molecular weight excluding hydrogens is 176 g/mol. The van der Waals surface area contributed by atoms with Crippen LogP contribution in [-0.2, 0) is 0 Å². The van der Waals surface area contributed by atoms with Crippen molar-refractivity contribution in [2.45, 2.75) is 65.6 Å². The highest BCUT2D eigenvalue weighted by Gasteiger charge is 2.24. The van der Waals surface area contributed by atoms with Crippen LogP contribution < -0.4 is 0 Å². The van der Waals surface area contributed by atoms with E-state index in [4.69, 9.17) is 0 Å². The van der Waals surface area contributed by atoms with E-state index in [1.54, 1.807) is 6.92 Å². The molecule has 2 heteroatoms. The molecule has 0 aromatic heterocycles. The van der Waals surface area contributed by atoms with E-state index < -0.39 is 0 Å². The summed E-state index contributed by atoms with van der Waals surface area (Å²) in [5.41, 5.74) is 0. The average Bonchev–Trinajstić information content (AvgIpc) is 2.15. The second-order valence-corrected chi connectivity index (χ2v) is 4.32. The lowest BCUT2D eigenvalue weighted by Gasteiger charge is -2.28. The highest BCUT2D eigenvalue weighted by atomic mass is 16.3. The monoisotopic (exact) mass is 202 g/mol. The normalized spacial score (nSPS) is 18.2. The Morgan fingerprint density at radius 1 is 0.857 bits per heavy atom. The molecule has 0 aliphatic carbocycles. The Balaban J connectivity index is 4.20. The zero-order valence-corrected chi connectivity index (χ0v) is 10.0. The zero-order valence-electron chi connectivity index (χ0n) is 10.0. The Labute approximate surface area is 88.3 Å². The highest BCUT2D eigenvalue weighted by molar-refractivity contribution is 4.75. The zero-order chi connectivity index (χ0) is 11.1. The van der Waals surface area contributed by atoms with Crippen LogP contribution in [0.25, 0.3) is 0 Å². The molecule has 3 unspecified atom stereocenters. The highest BCUT2D eigenvalue weighted by Crippen LogP contribution is 2.25. The Kier molecular flexibility index (Phi) is 7.20. The third kappa shape index (κ3) is 4.43. The first-order valence-corrected chi connectivity index (χ1v) is 5.92. The minimum Gasteiger partial charge on any atom is -0.393 e. The van der Waals surface area contributed by atoms with Crippen molar-refractivity contribution in [3.05, 3.63) is 0 Å². The number of aliphatic hydroxyl groups is 2. The largest absolute Gasteiger partial charge is 0.393 e. The van der Waals surface area contributed by atoms with Gasteiger partial charge in [0.1, 0.15) is 0 Å². The molecule has 2 nitrogen and oxygen atoms in total. The van der Waals surface area contributed by atoms with Crippen LogP contribution in [-0.4, -0.2) is 22.4 Å². The van der Waals surface area contributed by atoms with Crippen LogP contribution in [0, 0.1) is 11.8 Å². The van der Waals surface area contributed by atoms with Gasteiger partial charge < -0.3 is 10.2 Å². The quantitative estimate of drug-likeness (QED) is 0.666. The Hall–Kier alpha value is -0.0800. The second-order valence-electron chi connectivity index (χ2n) is 4.32. The molecule has 0 spiro atoms. The first-order valence-electron chi connectivity index (χ1n) is 5.92. The van der Waals surface area contributed by atoms with E-state index in [-0.39, 0.29) is 18.1 Å². The fourth-order valence-corrected chi connectivity index (χ4v) is 2.14. The predicted molar refractivity (Wildman–Crippen MR) is 60.2 cm³/mol. The number of aliphatic hydroxyl groups excluding tert-OH is 2. The van der Waals surface area contributed by atoms with E-state index >= 15 is 0 Å². The van der Waals surface area contributed by atoms with Crippen LogP contribution in [0.15, 0.2) is 0 Å². The van der Waals surface area contributed by atoms with Gasteiger partial charge in [-0.05, 0) is 25.2 Å². The van der Waals surface area contributed by atoms with Crippen molar-refractivity contribution in [1.82, 2.24) is 0 Å². The molecule has 0 aromatic carbocycles. The molecule has 0 aliphatic rings. The van der Waals surface area contributed by atoms with Crippen LogP contribution in [0.1, 0.15) is 53.4 Å².